The average molecular weight is 244 g/mol. The molecule has 0 saturated heterocycles. The molecule has 2 aromatic rings. The van der Waals surface area contributed by atoms with Crippen LogP contribution in [-0.4, -0.2) is 7.11 Å². The normalized spacial score (nSPS) is 9.89. The van der Waals surface area contributed by atoms with E-state index in [-0.39, 0.29) is 0 Å². The van der Waals surface area contributed by atoms with Gasteiger partial charge in [0.1, 0.15) is 17.4 Å². The lowest BCUT2D eigenvalue weighted by Gasteiger charge is -2.09. The van der Waals surface area contributed by atoms with Crippen LogP contribution in [-0.2, 0) is 0 Å². The summed E-state index contributed by atoms with van der Waals surface area (Å²) in [6, 6.07) is 8.34. The van der Waals surface area contributed by atoms with Gasteiger partial charge in [0.25, 0.3) is 0 Å². The van der Waals surface area contributed by atoms with Crippen LogP contribution in [0.2, 0.25) is 0 Å². The number of terminal acetylenes is 1. The molecule has 0 fully saturated rings. The van der Waals surface area contributed by atoms with Crippen LogP contribution in [0.1, 0.15) is 5.56 Å². The van der Waals surface area contributed by atoms with Gasteiger partial charge in [-0.3, -0.25) is 0 Å². The van der Waals surface area contributed by atoms with Gasteiger partial charge < -0.3 is 4.74 Å². The minimum absolute atomic E-state index is 0.390. The van der Waals surface area contributed by atoms with Crippen LogP contribution in [0, 0.1) is 24.0 Å². The lowest BCUT2D eigenvalue weighted by Crippen LogP contribution is -1.91. The van der Waals surface area contributed by atoms with Crippen molar-refractivity contribution in [3.63, 3.8) is 0 Å². The fourth-order valence-corrected chi connectivity index (χ4v) is 1.73. The third-order valence-electron chi connectivity index (χ3n) is 2.54. The molecule has 0 N–H and O–H groups in total. The van der Waals surface area contributed by atoms with Crippen molar-refractivity contribution in [2.24, 2.45) is 0 Å². The zero-order chi connectivity index (χ0) is 13.1. The van der Waals surface area contributed by atoms with Gasteiger partial charge in [-0.2, -0.15) is 0 Å². The van der Waals surface area contributed by atoms with E-state index in [0.717, 1.165) is 6.07 Å². The topological polar surface area (TPSA) is 9.23 Å². The largest absolute Gasteiger partial charge is 0.496 e. The van der Waals surface area contributed by atoms with Crippen molar-refractivity contribution in [3.05, 3.63) is 53.6 Å². The first-order valence-electron chi connectivity index (χ1n) is 5.25. The van der Waals surface area contributed by atoms with Gasteiger partial charge in [-0.05, 0) is 35.9 Å². The van der Waals surface area contributed by atoms with E-state index in [1.807, 2.05) is 0 Å². The number of halogens is 2. The Kier molecular flexibility index (Phi) is 3.29. The number of methoxy groups -OCH3 is 1. The maximum atomic E-state index is 13.2. The molecule has 3 heteroatoms. The monoisotopic (exact) mass is 244 g/mol. The Hall–Kier alpha value is -2.34. The zero-order valence-corrected chi connectivity index (χ0v) is 9.71. The molecule has 0 aromatic heterocycles. The zero-order valence-electron chi connectivity index (χ0n) is 9.71. The average Bonchev–Trinajstić information content (AvgIpc) is 2.36. The molecule has 0 atom stereocenters. The summed E-state index contributed by atoms with van der Waals surface area (Å²) in [6.45, 7) is 0. The number of benzene rings is 2. The van der Waals surface area contributed by atoms with Crippen LogP contribution < -0.4 is 4.74 Å². The highest BCUT2D eigenvalue weighted by Gasteiger charge is 2.09. The predicted octanol–water partition coefficient (Wildman–Crippen LogP) is 3.62. The third kappa shape index (κ3) is 2.33. The van der Waals surface area contributed by atoms with Crippen molar-refractivity contribution in [2.75, 3.05) is 7.11 Å². The van der Waals surface area contributed by atoms with Crippen LogP contribution in [0.25, 0.3) is 11.1 Å². The highest BCUT2D eigenvalue weighted by atomic mass is 19.1. The maximum Gasteiger partial charge on any atom is 0.126 e. The minimum Gasteiger partial charge on any atom is -0.496 e. The molecule has 0 heterocycles. The SMILES string of the molecule is C#Cc1ccc(OC)c(-c2cc(F)cc(F)c2)c1. The summed E-state index contributed by atoms with van der Waals surface area (Å²) in [6.07, 6.45) is 5.31. The second-order valence-corrected chi connectivity index (χ2v) is 3.72. The molecule has 18 heavy (non-hydrogen) atoms. The molecule has 0 bridgehead atoms. The Morgan fingerprint density at radius 1 is 1.06 bits per heavy atom. The van der Waals surface area contributed by atoms with Gasteiger partial charge in [0, 0.05) is 17.2 Å². The summed E-state index contributed by atoms with van der Waals surface area (Å²) in [5.74, 6) is 1.71. The maximum absolute atomic E-state index is 13.2. The first-order chi connectivity index (χ1) is 8.63. The van der Waals surface area contributed by atoms with Crippen molar-refractivity contribution in [1.29, 1.82) is 0 Å². The molecule has 0 radical (unpaired) electrons. The highest BCUT2D eigenvalue weighted by Crippen LogP contribution is 2.31. The summed E-state index contributed by atoms with van der Waals surface area (Å²) in [7, 11) is 1.49. The van der Waals surface area contributed by atoms with E-state index in [0.29, 0.717) is 22.4 Å². The van der Waals surface area contributed by atoms with E-state index < -0.39 is 11.6 Å². The Balaban J connectivity index is 2.65. The lowest BCUT2D eigenvalue weighted by atomic mass is 10.0. The van der Waals surface area contributed by atoms with Gasteiger partial charge in [0.2, 0.25) is 0 Å². The van der Waals surface area contributed by atoms with Crippen LogP contribution in [0.5, 0.6) is 5.75 Å². The van der Waals surface area contributed by atoms with Gasteiger partial charge in [-0.1, -0.05) is 5.92 Å². The molecule has 0 spiro atoms. The summed E-state index contributed by atoms with van der Waals surface area (Å²) in [5, 5.41) is 0. The Bertz CT molecular complexity index is 607. The van der Waals surface area contributed by atoms with E-state index in [4.69, 9.17) is 11.2 Å². The van der Waals surface area contributed by atoms with Gasteiger partial charge in [0.05, 0.1) is 7.11 Å². The van der Waals surface area contributed by atoms with Crippen molar-refractivity contribution in [2.45, 2.75) is 0 Å². The molecular weight excluding hydrogens is 234 g/mol. The fraction of sp³-hybridized carbons (Fsp3) is 0.0667. The van der Waals surface area contributed by atoms with Gasteiger partial charge >= 0.3 is 0 Å². The highest BCUT2D eigenvalue weighted by molar-refractivity contribution is 5.72. The second-order valence-electron chi connectivity index (χ2n) is 3.72. The fourth-order valence-electron chi connectivity index (χ4n) is 1.73. The summed E-state index contributed by atoms with van der Waals surface area (Å²) in [5.41, 5.74) is 1.57. The molecule has 0 amide bonds. The first kappa shape index (κ1) is 12.1. The summed E-state index contributed by atoms with van der Waals surface area (Å²) in [4.78, 5) is 0. The summed E-state index contributed by atoms with van der Waals surface area (Å²) >= 11 is 0. The minimum atomic E-state index is -0.641. The van der Waals surface area contributed by atoms with Crippen LogP contribution in [0.15, 0.2) is 36.4 Å². The molecule has 0 unspecified atom stereocenters. The van der Waals surface area contributed by atoms with Crippen LogP contribution >= 0.6 is 0 Å². The van der Waals surface area contributed by atoms with Crippen molar-refractivity contribution in [3.8, 4) is 29.2 Å². The van der Waals surface area contributed by atoms with E-state index in [2.05, 4.69) is 5.92 Å². The van der Waals surface area contributed by atoms with Crippen LogP contribution in [0.3, 0.4) is 0 Å². The summed E-state index contributed by atoms with van der Waals surface area (Å²) < 4.78 is 31.6. The van der Waals surface area contributed by atoms with Gasteiger partial charge in [-0.25, -0.2) is 8.78 Å². The quantitative estimate of drug-likeness (QED) is 0.733. The van der Waals surface area contributed by atoms with Gasteiger partial charge in [-0.15, -0.1) is 6.42 Å². The molecule has 1 nitrogen and oxygen atoms in total. The molecule has 0 aliphatic carbocycles. The Morgan fingerprint density at radius 2 is 1.72 bits per heavy atom. The Labute approximate surface area is 104 Å². The first-order valence-corrected chi connectivity index (χ1v) is 5.25. The molecule has 0 aliphatic rings. The second kappa shape index (κ2) is 4.89. The van der Waals surface area contributed by atoms with Crippen molar-refractivity contribution < 1.29 is 13.5 Å². The molecule has 0 aliphatic heterocycles. The van der Waals surface area contributed by atoms with E-state index in [1.54, 1.807) is 18.2 Å². The smallest absolute Gasteiger partial charge is 0.126 e. The standard InChI is InChI=1S/C15H10F2O/c1-3-10-4-5-15(18-2)14(6-10)11-7-12(16)9-13(17)8-11/h1,4-9H,2H3. The van der Waals surface area contributed by atoms with E-state index in [9.17, 15) is 8.78 Å². The lowest BCUT2D eigenvalue weighted by molar-refractivity contribution is 0.416. The van der Waals surface area contributed by atoms with E-state index >= 15 is 0 Å². The predicted molar refractivity (Wildman–Crippen MR) is 66.3 cm³/mol. The molecule has 90 valence electrons. The number of ether oxygens (including phenoxy) is 1. The third-order valence-corrected chi connectivity index (χ3v) is 2.54. The van der Waals surface area contributed by atoms with Gasteiger partial charge in [0.15, 0.2) is 0 Å². The van der Waals surface area contributed by atoms with E-state index in [1.165, 1.54) is 19.2 Å². The molecule has 0 saturated carbocycles. The van der Waals surface area contributed by atoms with Crippen LogP contribution in [0.4, 0.5) is 8.78 Å². The molecular formula is C15H10F2O. The molecule has 2 aromatic carbocycles. The number of rotatable bonds is 2. The number of hydrogen-bond donors (Lipinski definition) is 0. The number of hydrogen-bond acceptors (Lipinski definition) is 1. The molecule has 2 rings (SSSR count). The van der Waals surface area contributed by atoms with Crippen molar-refractivity contribution >= 4 is 0 Å². The Morgan fingerprint density at radius 3 is 2.28 bits per heavy atom. The van der Waals surface area contributed by atoms with Crippen molar-refractivity contribution in [1.82, 2.24) is 0 Å².